The molecule has 2 rings (SSSR count). The fraction of sp³-hybridized carbons (Fsp3) is 0.176. The Labute approximate surface area is 124 Å². The largest absolute Gasteiger partial charge is 0.495 e. The molecule has 0 spiro atoms. The van der Waals surface area contributed by atoms with Crippen LogP contribution in [0.1, 0.15) is 22.3 Å². The van der Waals surface area contributed by atoms with Crippen molar-refractivity contribution in [3.05, 3.63) is 58.7 Å². The number of hydrogen-bond donors (Lipinski definition) is 1. The fourth-order valence-corrected chi connectivity index (χ4v) is 2.11. The van der Waals surface area contributed by atoms with Gasteiger partial charge in [-0.3, -0.25) is 0 Å². The first-order valence-corrected chi connectivity index (χ1v) is 6.50. The number of hydrogen-bond acceptors (Lipinski definition) is 4. The monoisotopic (exact) mass is 277 g/mol. The van der Waals surface area contributed by atoms with Crippen molar-refractivity contribution >= 4 is 5.69 Å². The molecule has 0 radical (unpaired) electrons. The first kappa shape index (κ1) is 14.4. The molecule has 0 saturated carbocycles. The first-order chi connectivity index (χ1) is 10.2. The van der Waals surface area contributed by atoms with E-state index in [9.17, 15) is 5.26 Å². The molecule has 104 valence electrons. The third-order valence-electron chi connectivity index (χ3n) is 3.25. The molecule has 0 heterocycles. The van der Waals surface area contributed by atoms with Crippen LogP contribution >= 0.6 is 0 Å². The van der Waals surface area contributed by atoms with Crippen LogP contribution in [0.25, 0.3) is 0 Å². The Morgan fingerprint density at radius 3 is 2.62 bits per heavy atom. The standard InChI is InChI=1S/C17H15N3O/c1-12-4-3-5-16(15(12)10-19)20-11-13-6-7-17(21-2)14(8-13)9-18/h3-8,20H,11H2,1-2H3. The lowest BCUT2D eigenvalue weighted by atomic mass is 10.1. The Hall–Kier alpha value is -2.98. The highest BCUT2D eigenvalue weighted by Gasteiger charge is 2.06. The summed E-state index contributed by atoms with van der Waals surface area (Å²) in [6, 6.07) is 15.5. The number of methoxy groups -OCH3 is 1. The van der Waals surface area contributed by atoms with Crippen molar-refractivity contribution < 1.29 is 4.74 Å². The number of anilines is 1. The molecule has 1 N–H and O–H groups in total. The number of aryl methyl sites for hydroxylation is 1. The van der Waals surface area contributed by atoms with Crippen molar-refractivity contribution in [3.63, 3.8) is 0 Å². The van der Waals surface area contributed by atoms with Crippen molar-refractivity contribution in [2.45, 2.75) is 13.5 Å². The van der Waals surface area contributed by atoms with Crippen LogP contribution in [0.15, 0.2) is 36.4 Å². The Morgan fingerprint density at radius 1 is 1.14 bits per heavy atom. The average molecular weight is 277 g/mol. The average Bonchev–Trinajstić information content (AvgIpc) is 2.52. The smallest absolute Gasteiger partial charge is 0.136 e. The number of rotatable bonds is 4. The third kappa shape index (κ3) is 3.13. The fourth-order valence-electron chi connectivity index (χ4n) is 2.11. The van der Waals surface area contributed by atoms with E-state index in [0.29, 0.717) is 23.4 Å². The summed E-state index contributed by atoms with van der Waals surface area (Å²) in [4.78, 5) is 0. The van der Waals surface area contributed by atoms with Crippen molar-refractivity contribution in [2.75, 3.05) is 12.4 Å². The van der Waals surface area contributed by atoms with E-state index >= 15 is 0 Å². The van der Waals surface area contributed by atoms with Gasteiger partial charge in [-0.05, 0) is 36.2 Å². The molecule has 0 aliphatic carbocycles. The molecule has 4 heteroatoms. The van der Waals surface area contributed by atoms with E-state index < -0.39 is 0 Å². The summed E-state index contributed by atoms with van der Waals surface area (Å²) in [5, 5.41) is 21.5. The molecule has 0 unspecified atom stereocenters. The van der Waals surface area contributed by atoms with Gasteiger partial charge in [-0.1, -0.05) is 18.2 Å². The maximum atomic E-state index is 9.20. The molecule has 0 saturated heterocycles. The van der Waals surface area contributed by atoms with Gasteiger partial charge in [0.1, 0.15) is 17.9 Å². The van der Waals surface area contributed by atoms with Crippen LogP contribution in [0.4, 0.5) is 5.69 Å². The lowest BCUT2D eigenvalue weighted by Gasteiger charge is -2.11. The SMILES string of the molecule is COc1ccc(CNc2cccc(C)c2C#N)cc1C#N. The minimum Gasteiger partial charge on any atom is -0.495 e. The van der Waals surface area contributed by atoms with E-state index in [2.05, 4.69) is 17.5 Å². The second-order valence-corrected chi connectivity index (χ2v) is 4.61. The highest BCUT2D eigenvalue weighted by molar-refractivity contribution is 5.61. The maximum Gasteiger partial charge on any atom is 0.136 e. The molecule has 21 heavy (non-hydrogen) atoms. The second kappa shape index (κ2) is 6.45. The summed E-state index contributed by atoms with van der Waals surface area (Å²) in [7, 11) is 1.54. The Balaban J connectivity index is 2.20. The van der Waals surface area contributed by atoms with Crippen LogP contribution in [-0.2, 0) is 6.54 Å². The topological polar surface area (TPSA) is 68.8 Å². The molecule has 0 amide bonds. The Morgan fingerprint density at radius 2 is 1.95 bits per heavy atom. The minimum absolute atomic E-state index is 0.501. The van der Waals surface area contributed by atoms with Gasteiger partial charge >= 0.3 is 0 Å². The molecule has 0 aliphatic heterocycles. The van der Waals surface area contributed by atoms with Crippen LogP contribution < -0.4 is 10.1 Å². The number of nitriles is 2. The summed E-state index contributed by atoms with van der Waals surface area (Å²) in [5.41, 5.74) is 3.84. The summed E-state index contributed by atoms with van der Waals surface area (Å²) in [6.45, 7) is 2.45. The van der Waals surface area contributed by atoms with Crippen molar-refractivity contribution in [3.8, 4) is 17.9 Å². The quantitative estimate of drug-likeness (QED) is 0.930. The molecule has 0 fully saturated rings. The molecular weight excluding hydrogens is 262 g/mol. The second-order valence-electron chi connectivity index (χ2n) is 4.61. The van der Waals surface area contributed by atoms with Crippen LogP contribution in [0, 0.1) is 29.6 Å². The highest BCUT2D eigenvalue weighted by Crippen LogP contribution is 2.22. The van der Waals surface area contributed by atoms with Crippen molar-refractivity contribution in [1.29, 1.82) is 10.5 Å². The first-order valence-electron chi connectivity index (χ1n) is 6.50. The van der Waals surface area contributed by atoms with Crippen LogP contribution in [0.2, 0.25) is 0 Å². The normalized spacial score (nSPS) is 9.52. The van der Waals surface area contributed by atoms with E-state index in [4.69, 9.17) is 10.00 Å². The van der Waals surface area contributed by atoms with Crippen LogP contribution in [0.3, 0.4) is 0 Å². The zero-order valence-corrected chi connectivity index (χ0v) is 12.0. The van der Waals surface area contributed by atoms with Crippen molar-refractivity contribution in [2.24, 2.45) is 0 Å². The lowest BCUT2D eigenvalue weighted by Crippen LogP contribution is -2.03. The Bertz CT molecular complexity index is 739. The van der Waals surface area contributed by atoms with Gasteiger partial charge < -0.3 is 10.1 Å². The van der Waals surface area contributed by atoms with Gasteiger partial charge in [-0.2, -0.15) is 10.5 Å². The molecule has 0 aliphatic rings. The number of nitrogens with zero attached hydrogens (tertiary/aromatic N) is 2. The molecule has 0 bridgehead atoms. The summed E-state index contributed by atoms with van der Waals surface area (Å²) in [5.74, 6) is 0.564. The van der Waals surface area contributed by atoms with Crippen LogP contribution in [-0.4, -0.2) is 7.11 Å². The number of benzene rings is 2. The van der Waals surface area contributed by atoms with Gasteiger partial charge in [-0.25, -0.2) is 0 Å². The summed E-state index contributed by atoms with van der Waals surface area (Å²) < 4.78 is 5.12. The van der Waals surface area contributed by atoms with E-state index in [-0.39, 0.29) is 0 Å². The molecule has 4 nitrogen and oxygen atoms in total. The minimum atomic E-state index is 0.501. The van der Waals surface area contributed by atoms with Gasteiger partial charge in [0.05, 0.1) is 23.9 Å². The number of nitrogens with one attached hydrogen (secondary N) is 1. The molecule has 2 aromatic rings. The molecular formula is C17H15N3O. The zero-order chi connectivity index (χ0) is 15.2. The van der Waals surface area contributed by atoms with Crippen LogP contribution in [0.5, 0.6) is 5.75 Å². The van der Waals surface area contributed by atoms with Gasteiger partial charge in [0.25, 0.3) is 0 Å². The highest BCUT2D eigenvalue weighted by atomic mass is 16.5. The molecule has 2 aromatic carbocycles. The van der Waals surface area contributed by atoms with Gasteiger partial charge in [-0.15, -0.1) is 0 Å². The summed E-state index contributed by atoms with van der Waals surface area (Å²) >= 11 is 0. The van der Waals surface area contributed by atoms with Gasteiger partial charge in [0.15, 0.2) is 0 Å². The number of ether oxygens (including phenoxy) is 1. The van der Waals surface area contributed by atoms with Crippen molar-refractivity contribution in [1.82, 2.24) is 0 Å². The van der Waals surface area contributed by atoms with E-state index in [1.807, 2.05) is 31.2 Å². The predicted octanol–water partition coefficient (Wildman–Crippen LogP) is 3.36. The van der Waals surface area contributed by atoms with Gasteiger partial charge in [0.2, 0.25) is 0 Å². The lowest BCUT2D eigenvalue weighted by molar-refractivity contribution is 0.413. The zero-order valence-electron chi connectivity index (χ0n) is 12.0. The molecule has 0 aromatic heterocycles. The van der Waals surface area contributed by atoms with E-state index in [0.717, 1.165) is 16.8 Å². The maximum absolute atomic E-state index is 9.20. The van der Waals surface area contributed by atoms with E-state index in [1.165, 1.54) is 0 Å². The van der Waals surface area contributed by atoms with E-state index in [1.54, 1.807) is 19.2 Å². The van der Waals surface area contributed by atoms with Gasteiger partial charge in [0, 0.05) is 6.54 Å². The predicted molar refractivity (Wildman–Crippen MR) is 80.9 cm³/mol. The third-order valence-corrected chi connectivity index (χ3v) is 3.25. The summed E-state index contributed by atoms with van der Waals surface area (Å²) in [6.07, 6.45) is 0. The molecule has 0 atom stereocenters. The Kier molecular flexibility index (Phi) is 4.43.